The number of nitrogens with one attached hydrogen (secondary N) is 1. The molecule has 0 fully saturated rings. The fourth-order valence-corrected chi connectivity index (χ4v) is 3.76. The molecule has 1 aromatic heterocycles. The number of hydrogen-bond acceptors (Lipinski definition) is 4. The third kappa shape index (κ3) is 2.36. The van der Waals surface area contributed by atoms with Crippen LogP contribution in [0.1, 0.15) is 22.9 Å². The molecule has 0 saturated carbocycles. The van der Waals surface area contributed by atoms with Crippen LogP contribution >= 0.6 is 22.9 Å². The zero-order valence-corrected chi connectivity index (χ0v) is 11.8. The van der Waals surface area contributed by atoms with Gasteiger partial charge in [0.15, 0.2) is 5.82 Å². The smallest absolute Gasteiger partial charge is 0.272 e. The van der Waals surface area contributed by atoms with Crippen LogP contribution in [-0.4, -0.2) is 4.92 Å². The summed E-state index contributed by atoms with van der Waals surface area (Å²) < 4.78 is 14.6. The van der Waals surface area contributed by atoms with Crippen LogP contribution in [0.5, 0.6) is 0 Å². The van der Waals surface area contributed by atoms with Crippen molar-refractivity contribution in [1.29, 1.82) is 0 Å². The van der Waals surface area contributed by atoms with Crippen molar-refractivity contribution in [3.63, 3.8) is 0 Å². The van der Waals surface area contributed by atoms with Crippen molar-refractivity contribution >= 4 is 34.3 Å². The maximum Gasteiger partial charge on any atom is 0.272 e. The molecule has 0 amide bonds. The number of hydrogen-bond donors (Lipinski definition) is 1. The Morgan fingerprint density at radius 3 is 2.95 bits per heavy atom. The maximum atomic E-state index is 13.9. The molecule has 1 unspecified atom stereocenters. The van der Waals surface area contributed by atoms with Gasteiger partial charge in [-0.3, -0.25) is 10.1 Å². The average molecular weight is 313 g/mol. The lowest BCUT2D eigenvalue weighted by atomic mass is 10.1. The van der Waals surface area contributed by atoms with Crippen LogP contribution in [-0.2, 0) is 6.42 Å². The molecule has 1 N–H and O–H groups in total. The van der Waals surface area contributed by atoms with E-state index >= 15 is 0 Å². The Hall–Kier alpha value is -1.66. The molecular weight excluding hydrogens is 303 g/mol. The summed E-state index contributed by atoms with van der Waals surface area (Å²) in [4.78, 5) is 11.2. The molecule has 0 bridgehead atoms. The van der Waals surface area contributed by atoms with Gasteiger partial charge in [0.1, 0.15) is 0 Å². The zero-order chi connectivity index (χ0) is 14.3. The molecule has 1 aromatic carbocycles. The van der Waals surface area contributed by atoms with Crippen LogP contribution in [0, 0.1) is 15.9 Å². The van der Waals surface area contributed by atoms with Crippen molar-refractivity contribution in [3.05, 3.63) is 55.0 Å². The molecule has 1 heterocycles. The number of nitro benzene ring substituents is 1. The molecule has 2 aromatic rings. The molecule has 1 atom stereocenters. The van der Waals surface area contributed by atoms with E-state index in [0.29, 0.717) is 0 Å². The van der Waals surface area contributed by atoms with Crippen LogP contribution in [0.25, 0.3) is 0 Å². The molecule has 4 nitrogen and oxygen atoms in total. The minimum absolute atomic E-state index is 0.00436. The molecule has 7 heteroatoms. The van der Waals surface area contributed by atoms with Crippen molar-refractivity contribution in [2.75, 3.05) is 5.32 Å². The number of nitrogens with zero attached hydrogens (tertiary/aromatic N) is 1. The fourth-order valence-electron chi connectivity index (χ4n) is 2.40. The van der Waals surface area contributed by atoms with Crippen LogP contribution in [0.4, 0.5) is 15.8 Å². The van der Waals surface area contributed by atoms with E-state index < -0.39 is 10.7 Å². The second-order valence-electron chi connectivity index (χ2n) is 4.59. The Kier molecular flexibility index (Phi) is 3.35. The average Bonchev–Trinajstić information content (AvgIpc) is 2.92. The summed E-state index contributed by atoms with van der Waals surface area (Å²) in [5, 5.41) is 13.7. The van der Waals surface area contributed by atoms with Gasteiger partial charge in [0, 0.05) is 10.9 Å². The fraction of sp³-hybridized carbons (Fsp3) is 0.231. The van der Waals surface area contributed by atoms with Gasteiger partial charge in [-0.2, -0.15) is 0 Å². The standard InChI is InChI=1S/C13H10ClFN2O2S/c14-13-6-8-10(3-4-12(8)20-13)16-11-2-1-7(17(18)19)5-9(11)15/h1-2,5-6,10,16H,3-4H2. The largest absolute Gasteiger partial charge is 0.376 e. The quantitative estimate of drug-likeness (QED) is 0.668. The van der Waals surface area contributed by atoms with Crippen LogP contribution in [0.3, 0.4) is 0 Å². The van der Waals surface area contributed by atoms with Gasteiger partial charge in [0.25, 0.3) is 5.69 Å². The van der Waals surface area contributed by atoms with Gasteiger partial charge in [-0.25, -0.2) is 4.39 Å². The van der Waals surface area contributed by atoms with E-state index in [1.165, 1.54) is 17.0 Å². The molecule has 1 aliphatic rings. The number of fused-ring (bicyclic) bond motifs is 1. The highest BCUT2D eigenvalue weighted by Crippen LogP contribution is 2.41. The van der Waals surface area contributed by atoms with Gasteiger partial charge in [0.2, 0.25) is 0 Å². The summed E-state index contributed by atoms with van der Waals surface area (Å²) in [6.07, 6.45) is 1.79. The molecule has 0 aliphatic heterocycles. The first kappa shape index (κ1) is 13.3. The number of non-ortho nitro benzene ring substituents is 1. The number of thiophene rings is 1. The van der Waals surface area contributed by atoms with Crippen molar-refractivity contribution in [1.82, 2.24) is 0 Å². The first-order valence-electron chi connectivity index (χ1n) is 6.03. The number of benzene rings is 1. The molecule has 3 rings (SSSR count). The molecule has 1 aliphatic carbocycles. The van der Waals surface area contributed by atoms with Crippen molar-refractivity contribution in [3.8, 4) is 0 Å². The number of anilines is 1. The molecular formula is C13H10ClFN2O2S. The molecule has 0 radical (unpaired) electrons. The second kappa shape index (κ2) is 5.03. The zero-order valence-electron chi connectivity index (χ0n) is 10.2. The summed E-state index contributed by atoms with van der Waals surface area (Å²) in [7, 11) is 0. The van der Waals surface area contributed by atoms with Gasteiger partial charge in [0.05, 0.1) is 27.1 Å². The minimum atomic E-state index is -0.617. The van der Waals surface area contributed by atoms with Gasteiger partial charge >= 0.3 is 0 Å². The van der Waals surface area contributed by atoms with Crippen molar-refractivity contribution in [2.24, 2.45) is 0 Å². The van der Waals surface area contributed by atoms with Crippen LogP contribution < -0.4 is 5.32 Å². The van der Waals surface area contributed by atoms with Gasteiger partial charge in [-0.15, -0.1) is 11.3 Å². The SMILES string of the molecule is O=[N+]([O-])c1ccc(NC2CCc3sc(Cl)cc32)c(F)c1. The molecule has 104 valence electrons. The third-order valence-corrected chi connectivity index (χ3v) is 4.68. The highest BCUT2D eigenvalue weighted by atomic mass is 35.5. The van der Waals surface area contributed by atoms with E-state index in [-0.39, 0.29) is 17.4 Å². The first-order chi connectivity index (χ1) is 9.54. The molecule has 0 saturated heterocycles. The summed E-state index contributed by atoms with van der Waals surface area (Å²) >= 11 is 7.52. The van der Waals surface area contributed by atoms with E-state index in [1.807, 2.05) is 6.07 Å². The third-order valence-electron chi connectivity index (χ3n) is 3.34. The highest BCUT2D eigenvalue weighted by Gasteiger charge is 2.26. The lowest BCUT2D eigenvalue weighted by Gasteiger charge is -2.15. The lowest BCUT2D eigenvalue weighted by molar-refractivity contribution is -0.385. The van der Waals surface area contributed by atoms with Crippen molar-refractivity contribution < 1.29 is 9.31 Å². The first-order valence-corrected chi connectivity index (χ1v) is 7.22. The maximum absolute atomic E-state index is 13.9. The van der Waals surface area contributed by atoms with E-state index in [0.717, 1.165) is 28.8 Å². The predicted octanol–water partition coefficient (Wildman–Crippen LogP) is 4.55. The molecule has 20 heavy (non-hydrogen) atoms. The second-order valence-corrected chi connectivity index (χ2v) is 6.35. The van der Waals surface area contributed by atoms with Crippen LogP contribution in [0.15, 0.2) is 24.3 Å². The summed E-state index contributed by atoms with van der Waals surface area (Å²) in [5.41, 5.74) is 1.12. The van der Waals surface area contributed by atoms with Crippen molar-refractivity contribution in [2.45, 2.75) is 18.9 Å². The predicted molar refractivity (Wildman–Crippen MR) is 77.1 cm³/mol. The van der Waals surface area contributed by atoms with Gasteiger partial charge < -0.3 is 5.32 Å². The lowest BCUT2D eigenvalue weighted by Crippen LogP contribution is -2.08. The normalized spacial score (nSPS) is 17.0. The number of rotatable bonds is 3. The Balaban J connectivity index is 1.84. The van der Waals surface area contributed by atoms with E-state index in [9.17, 15) is 14.5 Å². The van der Waals surface area contributed by atoms with Crippen LogP contribution in [0.2, 0.25) is 4.34 Å². The Labute approximate surface area is 123 Å². The van der Waals surface area contributed by atoms with E-state index in [2.05, 4.69) is 5.32 Å². The number of halogens is 2. The number of nitro groups is 1. The molecule has 0 spiro atoms. The summed E-state index contributed by atoms with van der Waals surface area (Å²) in [6.45, 7) is 0. The van der Waals surface area contributed by atoms with E-state index in [1.54, 1.807) is 11.3 Å². The Morgan fingerprint density at radius 1 is 1.45 bits per heavy atom. The van der Waals surface area contributed by atoms with Gasteiger partial charge in [-0.1, -0.05) is 11.6 Å². The Bertz CT molecular complexity index is 689. The van der Waals surface area contributed by atoms with Gasteiger partial charge in [-0.05, 0) is 30.5 Å². The number of aryl methyl sites for hydroxylation is 1. The summed E-state index contributed by atoms with van der Waals surface area (Å²) in [5.74, 6) is -0.617. The minimum Gasteiger partial charge on any atom is -0.376 e. The summed E-state index contributed by atoms with van der Waals surface area (Å²) in [6, 6.07) is 5.53. The monoisotopic (exact) mass is 312 g/mol. The highest BCUT2D eigenvalue weighted by molar-refractivity contribution is 7.16. The topological polar surface area (TPSA) is 55.2 Å². The Morgan fingerprint density at radius 2 is 2.25 bits per heavy atom. The van der Waals surface area contributed by atoms with E-state index in [4.69, 9.17) is 11.6 Å².